The van der Waals surface area contributed by atoms with Crippen molar-refractivity contribution in [1.82, 2.24) is 10.2 Å². The summed E-state index contributed by atoms with van der Waals surface area (Å²) in [4.78, 5) is 39.0. The molecule has 0 fully saturated rings. The summed E-state index contributed by atoms with van der Waals surface area (Å²) in [5.74, 6) is 0.802. The van der Waals surface area contributed by atoms with Crippen molar-refractivity contribution in [2.45, 2.75) is 233 Å². The first kappa shape index (κ1) is 64.2. The Morgan fingerprint density at radius 2 is 0.773 bits per heavy atom. The quantitative estimate of drug-likeness (QED) is 0.0356. The molecule has 2 atom stereocenters. The third-order valence-corrected chi connectivity index (χ3v) is 12.6. The van der Waals surface area contributed by atoms with Gasteiger partial charge in [0.2, 0.25) is 0 Å². The van der Waals surface area contributed by atoms with Crippen LogP contribution >= 0.6 is 0 Å². The average Bonchev–Trinajstić information content (AvgIpc) is 3.32. The fourth-order valence-electron chi connectivity index (χ4n) is 8.30. The maximum Gasteiger partial charge on any atom is 0.305 e. The summed E-state index contributed by atoms with van der Waals surface area (Å²) in [6, 6.07) is 0. The number of nitrogens with zero attached hydrogens (tertiary/aromatic N) is 1. The van der Waals surface area contributed by atoms with Crippen LogP contribution in [0.5, 0.6) is 0 Å². The van der Waals surface area contributed by atoms with Crippen molar-refractivity contribution >= 4 is 17.9 Å². The molecule has 0 amide bonds. The normalized spacial score (nSPS) is 12.5. The second kappa shape index (κ2) is 52.6. The molecule has 66 heavy (non-hydrogen) atoms. The molecule has 0 aliphatic heterocycles. The Kier molecular flexibility index (Phi) is 51.2. The predicted molar refractivity (Wildman–Crippen MR) is 273 cm³/mol. The molecule has 392 valence electrons. The van der Waals surface area contributed by atoms with Crippen LogP contribution in [-0.2, 0) is 42.8 Å². The molecule has 0 spiro atoms. The van der Waals surface area contributed by atoms with Gasteiger partial charge in [-0.25, -0.2) is 0 Å². The number of hydrogen-bond acceptors (Lipinski definition) is 11. The topological polar surface area (TPSA) is 122 Å². The van der Waals surface area contributed by atoms with Crippen molar-refractivity contribution in [3.8, 4) is 0 Å². The van der Waals surface area contributed by atoms with Crippen molar-refractivity contribution < 1.29 is 42.8 Å². The highest BCUT2D eigenvalue weighted by atomic mass is 16.5. The van der Waals surface area contributed by atoms with Gasteiger partial charge < -0.3 is 38.6 Å². The zero-order valence-corrected chi connectivity index (χ0v) is 44.1. The van der Waals surface area contributed by atoms with E-state index in [-0.39, 0.29) is 17.9 Å². The average molecular weight is 941 g/mol. The fraction of sp³-hybridized carbons (Fsp3) is 0.945. The van der Waals surface area contributed by atoms with Crippen LogP contribution in [0, 0.1) is 11.8 Å². The molecule has 0 bridgehead atoms. The lowest BCUT2D eigenvalue weighted by molar-refractivity contribution is -0.146. The highest BCUT2D eigenvalue weighted by Crippen LogP contribution is 2.20. The van der Waals surface area contributed by atoms with Crippen LogP contribution in [0.3, 0.4) is 0 Å². The molecule has 1 N–H and O–H groups in total. The van der Waals surface area contributed by atoms with Crippen molar-refractivity contribution in [2.24, 2.45) is 11.8 Å². The number of esters is 3. The number of carbonyl (C=O) groups is 3. The standard InChI is InChI=1S/C55H108N2O9/c1-6-10-14-16-17-22-34-52(32-13-9-4)50-66-55(60)37-25-20-28-41-57(40-27-19-24-36-54(59)65-49-51(31-12-8-3)33-21-15-11-7-2)42-30-44-63-46-48-64-47-45-62-43-29-39-56-38-26-18-23-35-53(58)61-5/h51-52,56H,6-50H2,1-5H3. The van der Waals surface area contributed by atoms with Gasteiger partial charge in [0, 0.05) is 39.0 Å². The molecule has 0 aliphatic rings. The van der Waals surface area contributed by atoms with E-state index in [0.717, 1.165) is 116 Å². The maximum absolute atomic E-state index is 12.7. The molecule has 0 saturated carbocycles. The van der Waals surface area contributed by atoms with Gasteiger partial charge in [0.15, 0.2) is 0 Å². The number of ether oxygens (including phenoxy) is 6. The van der Waals surface area contributed by atoms with Crippen LogP contribution in [-0.4, -0.2) is 115 Å². The molecule has 0 aromatic carbocycles. The van der Waals surface area contributed by atoms with E-state index in [1.807, 2.05) is 0 Å². The molecule has 11 nitrogen and oxygen atoms in total. The zero-order valence-electron chi connectivity index (χ0n) is 44.1. The first-order chi connectivity index (χ1) is 32.4. The van der Waals surface area contributed by atoms with E-state index in [0.29, 0.717) is 84.0 Å². The Morgan fingerprint density at radius 3 is 1.29 bits per heavy atom. The van der Waals surface area contributed by atoms with E-state index >= 15 is 0 Å². The first-order valence-electron chi connectivity index (χ1n) is 27.9. The van der Waals surface area contributed by atoms with Gasteiger partial charge in [-0.1, -0.05) is 137 Å². The summed E-state index contributed by atoms with van der Waals surface area (Å²) in [6.07, 6.45) is 34.6. The van der Waals surface area contributed by atoms with Gasteiger partial charge >= 0.3 is 17.9 Å². The van der Waals surface area contributed by atoms with Gasteiger partial charge in [0.25, 0.3) is 0 Å². The van der Waals surface area contributed by atoms with Gasteiger partial charge in [-0.3, -0.25) is 14.4 Å². The molecular weight excluding hydrogens is 833 g/mol. The summed E-state index contributed by atoms with van der Waals surface area (Å²) in [5, 5.41) is 3.43. The van der Waals surface area contributed by atoms with Gasteiger partial charge in [-0.15, -0.1) is 0 Å². The first-order valence-corrected chi connectivity index (χ1v) is 27.9. The third kappa shape index (κ3) is 47.3. The van der Waals surface area contributed by atoms with Crippen LogP contribution in [0.15, 0.2) is 0 Å². The van der Waals surface area contributed by atoms with Crippen LogP contribution in [0.2, 0.25) is 0 Å². The summed E-state index contributed by atoms with van der Waals surface area (Å²) in [6.45, 7) is 18.7. The Bertz CT molecular complexity index is 1030. The van der Waals surface area contributed by atoms with Crippen LogP contribution < -0.4 is 5.32 Å². The molecular formula is C55H108N2O9. The third-order valence-electron chi connectivity index (χ3n) is 12.6. The van der Waals surface area contributed by atoms with Crippen molar-refractivity contribution in [1.29, 1.82) is 0 Å². The fourth-order valence-corrected chi connectivity index (χ4v) is 8.30. The summed E-state index contributed by atoms with van der Waals surface area (Å²) in [5.41, 5.74) is 0. The number of nitrogens with one attached hydrogen (secondary N) is 1. The lowest BCUT2D eigenvalue weighted by Crippen LogP contribution is -2.28. The van der Waals surface area contributed by atoms with E-state index in [1.165, 1.54) is 110 Å². The number of rotatable bonds is 54. The monoisotopic (exact) mass is 941 g/mol. The minimum Gasteiger partial charge on any atom is -0.469 e. The van der Waals surface area contributed by atoms with Gasteiger partial charge in [0.1, 0.15) is 0 Å². The zero-order chi connectivity index (χ0) is 48.2. The molecule has 0 aliphatic carbocycles. The van der Waals surface area contributed by atoms with Crippen LogP contribution in [0.4, 0.5) is 0 Å². The number of hydrogen-bond donors (Lipinski definition) is 1. The molecule has 2 unspecified atom stereocenters. The molecule has 0 aromatic heterocycles. The second-order valence-electron chi connectivity index (χ2n) is 18.9. The lowest BCUT2D eigenvalue weighted by atomic mass is 9.96. The molecule has 0 radical (unpaired) electrons. The van der Waals surface area contributed by atoms with E-state index in [1.54, 1.807) is 0 Å². The predicted octanol–water partition coefficient (Wildman–Crippen LogP) is 13.0. The van der Waals surface area contributed by atoms with Crippen molar-refractivity contribution in [2.75, 3.05) is 92.7 Å². The molecule has 0 rings (SSSR count). The van der Waals surface area contributed by atoms with Crippen LogP contribution in [0.25, 0.3) is 0 Å². The molecule has 11 heteroatoms. The highest BCUT2D eigenvalue weighted by Gasteiger charge is 2.14. The molecule has 0 heterocycles. The highest BCUT2D eigenvalue weighted by molar-refractivity contribution is 5.69. The van der Waals surface area contributed by atoms with E-state index < -0.39 is 0 Å². The second-order valence-corrected chi connectivity index (χ2v) is 18.9. The largest absolute Gasteiger partial charge is 0.469 e. The van der Waals surface area contributed by atoms with Gasteiger partial charge in [-0.2, -0.15) is 0 Å². The van der Waals surface area contributed by atoms with Crippen molar-refractivity contribution in [3.05, 3.63) is 0 Å². The smallest absolute Gasteiger partial charge is 0.305 e. The van der Waals surface area contributed by atoms with E-state index in [4.69, 9.17) is 23.7 Å². The summed E-state index contributed by atoms with van der Waals surface area (Å²) >= 11 is 0. The molecule has 0 aromatic rings. The van der Waals surface area contributed by atoms with Gasteiger partial charge in [-0.05, 0) is 115 Å². The number of methoxy groups -OCH3 is 1. The molecule has 0 saturated heterocycles. The van der Waals surface area contributed by atoms with Gasteiger partial charge in [0.05, 0.1) is 46.8 Å². The maximum atomic E-state index is 12.7. The Balaban J connectivity index is 4.50. The SMILES string of the molecule is CCCCCCCCC(CCCC)COC(=O)CCCCCN(CCCCCC(=O)OCC(CCCC)CCCCCC)CCCOCCOCCOCCCNCCCCCC(=O)OC. The minimum absolute atomic E-state index is 0.0338. The van der Waals surface area contributed by atoms with Crippen LogP contribution in [0.1, 0.15) is 233 Å². The summed E-state index contributed by atoms with van der Waals surface area (Å²) in [7, 11) is 1.44. The van der Waals surface area contributed by atoms with E-state index in [2.05, 4.69) is 42.6 Å². The Morgan fingerprint density at radius 1 is 0.394 bits per heavy atom. The Hall–Kier alpha value is -1.79. The Labute approximate surface area is 407 Å². The van der Waals surface area contributed by atoms with Crippen molar-refractivity contribution in [3.63, 3.8) is 0 Å². The summed E-state index contributed by atoms with van der Waals surface area (Å²) < 4.78 is 33.6. The minimum atomic E-state index is -0.130. The lowest BCUT2D eigenvalue weighted by Gasteiger charge is -2.22. The van der Waals surface area contributed by atoms with E-state index in [9.17, 15) is 14.4 Å². The number of carbonyl (C=O) groups excluding carboxylic acids is 3. The number of unbranched alkanes of at least 4 members (excludes halogenated alkanes) is 16.